The van der Waals surface area contributed by atoms with Crippen LogP contribution in [0.1, 0.15) is 93.4 Å². The highest BCUT2D eigenvalue weighted by atomic mass is 16.7. The van der Waals surface area contributed by atoms with Crippen LogP contribution in [0.3, 0.4) is 0 Å². The van der Waals surface area contributed by atoms with Gasteiger partial charge in [0.2, 0.25) is 0 Å². The van der Waals surface area contributed by atoms with Gasteiger partial charge in [0.05, 0.1) is 24.4 Å². The summed E-state index contributed by atoms with van der Waals surface area (Å²) in [5.41, 5.74) is -2.14. The van der Waals surface area contributed by atoms with Crippen molar-refractivity contribution in [3.05, 3.63) is 0 Å². The Balaban J connectivity index is 1.49. The molecule has 0 amide bonds. The van der Waals surface area contributed by atoms with Gasteiger partial charge in [-0.1, -0.05) is 34.6 Å². The minimum absolute atomic E-state index is 0.136. The molecule has 0 aromatic carbocycles. The van der Waals surface area contributed by atoms with Crippen LogP contribution in [0.5, 0.6) is 0 Å². The summed E-state index contributed by atoms with van der Waals surface area (Å²) in [6, 6.07) is 0. The molecule has 0 aromatic heterocycles. The van der Waals surface area contributed by atoms with Gasteiger partial charge >= 0.3 is 0 Å². The quantitative estimate of drug-likeness (QED) is 0.439. The molecule has 4 aliphatic carbocycles. The first kappa shape index (κ1) is 25.1. The Bertz CT molecular complexity index is 894. The third-order valence-electron chi connectivity index (χ3n) is 12.4. The van der Waals surface area contributed by atoms with Crippen LogP contribution in [0.15, 0.2) is 0 Å². The molecular formula is C29H48O6. The Morgan fingerprint density at radius 3 is 2.26 bits per heavy atom. The average Bonchev–Trinajstić information content (AvgIpc) is 3.04. The van der Waals surface area contributed by atoms with Gasteiger partial charge in [-0.05, 0) is 62.7 Å². The molecular weight excluding hydrogens is 444 g/mol. The molecule has 35 heavy (non-hydrogen) atoms. The molecule has 4 saturated carbocycles. The van der Waals surface area contributed by atoms with Gasteiger partial charge in [0, 0.05) is 43.8 Å². The third-order valence-corrected chi connectivity index (χ3v) is 12.4. The molecule has 0 radical (unpaired) electrons. The molecule has 2 saturated heterocycles. The first-order chi connectivity index (χ1) is 16.2. The van der Waals surface area contributed by atoms with Crippen LogP contribution < -0.4 is 0 Å². The fraction of sp³-hybridized carbons (Fsp3) is 1.00. The van der Waals surface area contributed by atoms with E-state index in [1.807, 2.05) is 0 Å². The van der Waals surface area contributed by atoms with Crippen LogP contribution in [-0.4, -0.2) is 60.4 Å². The largest absolute Gasteiger partial charge is 0.389 e. The van der Waals surface area contributed by atoms with Crippen LogP contribution in [0, 0.1) is 34.0 Å². The van der Waals surface area contributed by atoms with Gasteiger partial charge in [0.15, 0.2) is 11.6 Å². The maximum atomic E-state index is 13.1. The third kappa shape index (κ3) is 2.73. The van der Waals surface area contributed by atoms with E-state index in [0.717, 1.165) is 38.5 Å². The minimum Gasteiger partial charge on any atom is -0.389 e. The predicted molar refractivity (Wildman–Crippen MR) is 132 cm³/mol. The maximum Gasteiger partial charge on any atom is 0.173 e. The van der Waals surface area contributed by atoms with E-state index >= 15 is 0 Å². The number of rotatable bonds is 3. The normalized spacial score (nSPS) is 56.3. The molecule has 200 valence electrons. The fourth-order valence-corrected chi connectivity index (χ4v) is 10.7. The molecule has 0 aromatic rings. The highest BCUT2D eigenvalue weighted by Gasteiger charge is 2.87. The first-order valence-electron chi connectivity index (χ1n) is 14.1. The summed E-state index contributed by atoms with van der Waals surface area (Å²) in [5, 5.41) is 13.1. The van der Waals surface area contributed by atoms with Gasteiger partial charge in [-0.25, -0.2) is 0 Å². The van der Waals surface area contributed by atoms with Gasteiger partial charge in [-0.3, -0.25) is 0 Å². The number of ether oxygens (including phenoxy) is 5. The zero-order valence-corrected chi connectivity index (χ0v) is 23.3. The van der Waals surface area contributed by atoms with Gasteiger partial charge in [0.1, 0.15) is 5.60 Å². The van der Waals surface area contributed by atoms with Crippen molar-refractivity contribution >= 4 is 0 Å². The Morgan fingerprint density at radius 2 is 1.66 bits per heavy atom. The van der Waals surface area contributed by atoms with Crippen LogP contribution >= 0.6 is 0 Å². The summed E-state index contributed by atoms with van der Waals surface area (Å²) in [4.78, 5) is 0. The lowest BCUT2D eigenvalue weighted by atomic mass is 9.37. The lowest BCUT2D eigenvalue weighted by Gasteiger charge is -2.69. The summed E-state index contributed by atoms with van der Waals surface area (Å²) < 4.78 is 32.1. The van der Waals surface area contributed by atoms with E-state index in [4.69, 9.17) is 23.7 Å². The predicted octanol–water partition coefficient (Wildman–Crippen LogP) is 5.06. The van der Waals surface area contributed by atoms with Gasteiger partial charge in [0.25, 0.3) is 0 Å². The number of hydrogen-bond donors (Lipinski definition) is 1. The molecule has 9 atom stereocenters. The Hall–Kier alpha value is -0.240. The minimum atomic E-state index is -0.884. The summed E-state index contributed by atoms with van der Waals surface area (Å²) in [6.45, 7) is 17.8. The summed E-state index contributed by atoms with van der Waals surface area (Å²) in [6.07, 6.45) is 6.20. The van der Waals surface area contributed by atoms with Crippen molar-refractivity contribution < 1.29 is 28.8 Å². The molecule has 1 N–H and O–H groups in total. The highest BCUT2D eigenvalue weighted by molar-refractivity contribution is 5.34. The molecule has 7 unspecified atom stereocenters. The van der Waals surface area contributed by atoms with Crippen LogP contribution in [0.4, 0.5) is 0 Å². The van der Waals surface area contributed by atoms with E-state index in [-0.39, 0.29) is 33.4 Å². The van der Waals surface area contributed by atoms with Crippen molar-refractivity contribution in [3.8, 4) is 0 Å². The lowest BCUT2D eigenvalue weighted by molar-refractivity contribution is -0.330. The zero-order chi connectivity index (χ0) is 25.3. The second-order valence-electron chi connectivity index (χ2n) is 14.5. The molecule has 2 spiro atoms. The van der Waals surface area contributed by atoms with Crippen molar-refractivity contribution in [2.75, 3.05) is 26.9 Å². The van der Waals surface area contributed by atoms with Crippen LogP contribution in [0.25, 0.3) is 0 Å². The van der Waals surface area contributed by atoms with Crippen molar-refractivity contribution in [2.45, 2.75) is 122 Å². The van der Waals surface area contributed by atoms with E-state index < -0.39 is 17.2 Å². The standard InChI is InChI=1S/C29H48O6/c1-9-32-29(31-8)11-10-20-19-16-25(7)28(35-25)18-26(33-14-15-34-26)13-12-23(28,5)21(19)27(30,22(2,3)4)17-24(20,29)6/h19-21,30H,9-18H2,1-8H3/t19?,20?,21-,23?,24?,25+,27?,28?,29?/m0/s1. The Labute approximate surface area is 211 Å². The number of aliphatic hydroxyl groups is 1. The molecule has 0 bridgehead atoms. The number of epoxide rings is 1. The van der Waals surface area contributed by atoms with Gasteiger partial charge in [-0.2, -0.15) is 0 Å². The number of fused-ring (bicyclic) bond motifs is 4. The van der Waals surface area contributed by atoms with Crippen LogP contribution in [-0.2, 0) is 23.7 Å². The zero-order valence-electron chi connectivity index (χ0n) is 23.3. The maximum absolute atomic E-state index is 13.1. The van der Waals surface area contributed by atoms with Crippen molar-refractivity contribution in [1.29, 1.82) is 0 Å². The van der Waals surface area contributed by atoms with Gasteiger partial charge in [-0.15, -0.1) is 0 Å². The van der Waals surface area contributed by atoms with Gasteiger partial charge < -0.3 is 28.8 Å². The van der Waals surface area contributed by atoms with Crippen molar-refractivity contribution in [3.63, 3.8) is 0 Å². The van der Waals surface area contributed by atoms with E-state index in [2.05, 4.69) is 48.5 Å². The smallest absolute Gasteiger partial charge is 0.173 e. The van der Waals surface area contributed by atoms with E-state index in [1.54, 1.807) is 7.11 Å². The van der Waals surface area contributed by atoms with Crippen molar-refractivity contribution in [2.24, 2.45) is 34.0 Å². The second-order valence-corrected chi connectivity index (χ2v) is 14.5. The van der Waals surface area contributed by atoms with E-state index in [1.165, 1.54) is 0 Å². The molecule has 6 heteroatoms. The molecule has 6 fully saturated rings. The lowest BCUT2D eigenvalue weighted by Crippen LogP contribution is -2.73. The second kappa shape index (κ2) is 7.04. The van der Waals surface area contributed by atoms with Crippen molar-refractivity contribution in [1.82, 2.24) is 0 Å². The molecule has 6 rings (SSSR count). The van der Waals surface area contributed by atoms with E-state index in [9.17, 15) is 5.11 Å². The molecule has 6 nitrogen and oxygen atoms in total. The SMILES string of the molecule is CCOC1(OC)CCC2C3C[C@@]4(C)OC45CC4(CCC5(C)[C@H]3C(O)(C(C)(C)C)CC21C)OCCO4. The number of methoxy groups -OCH3 is 1. The number of hydrogen-bond acceptors (Lipinski definition) is 6. The molecule has 2 heterocycles. The van der Waals surface area contributed by atoms with Crippen LogP contribution in [0.2, 0.25) is 0 Å². The Kier molecular flexibility index (Phi) is 5.04. The molecule has 2 aliphatic heterocycles. The average molecular weight is 493 g/mol. The summed E-state index contributed by atoms with van der Waals surface area (Å²) in [5.74, 6) is -0.259. The summed E-state index contributed by atoms with van der Waals surface area (Å²) >= 11 is 0. The van der Waals surface area contributed by atoms with E-state index in [0.29, 0.717) is 38.1 Å². The fourth-order valence-electron chi connectivity index (χ4n) is 10.7. The monoisotopic (exact) mass is 492 g/mol. The highest BCUT2D eigenvalue weighted by Crippen LogP contribution is 2.81. The molecule has 6 aliphatic rings. The first-order valence-corrected chi connectivity index (χ1v) is 14.1. The topological polar surface area (TPSA) is 69.7 Å². The summed E-state index contributed by atoms with van der Waals surface area (Å²) in [7, 11) is 1.80. The Morgan fingerprint density at radius 1 is 0.971 bits per heavy atom.